The molecule has 1 aliphatic rings. The van der Waals surface area contributed by atoms with Gasteiger partial charge in [-0.15, -0.1) is 0 Å². The number of benzene rings is 2. The van der Waals surface area contributed by atoms with Gasteiger partial charge >= 0.3 is 6.03 Å². The van der Waals surface area contributed by atoms with E-state index in [1.54, 1.807) is 19.1 Å². The number of imide groups is 1. The summed E-state index contributed by atoms with van der Waals surface area (Å²) < 4.78 is 0. The van der Waals surface area contributed by atoms with Gasteiger partial charge in [-0.05, 0) is 42.9 Å². The van der Waals surface area contributed by atoms with Gasteiger partial charge in [0.1, 0.15) is 12.1 Å². The van der Waals surface area contributed by atoms with Gasteiger partial charge in [-0.1, -0.05) is 68.4 Å². The van der Waals surface area contributed by atoms with Gasteiger partial charge in [0.05, 0.1) is 6.04 Å². The Kier molecular flexibility index (Phi) is 6.25. The molecule has 0 bridgehead atoms. The number of nitrogens with zero attached hydrogens (tertiary/aromatic N) is 1. The van der Waals surface area contributed by atoms with E-state index in [1.165, 1.54) is 5.56 Å². The van der Waals surface area contributed by atoms with Crippen LogP contribution in [0.1, 0.15) is 50.4 Å². The van der Waals surface area contributed by atoms with Crippen LogP contribution in [0.3, 0.4) is 0 Å². The monoisotopic (exact) mass is 407 g/mol. The second-order valence-electron chi connectivity index (χ2n) is 8.44. The molecule has 4 amide bonds. The minimum atomic E-state index is -1.17. The number of hydrogen-bond acceptors (Lipinski definition) is 3. The third kappa shape index (κ3) is 4.53. The van der Waals surface area contributed by atoms with E-state index in [-0.39, 0.29) is 18.5 Å². The van der Waals surface area contributed by atoms with Crippen molar-refractivity contribution < 1.29 is 14.4 Å². The smallest absolute Gasteiger partial charge is 0.325 e. The van der Waals surface area contributed by atoms with E-state index >= 15 is 0 Å². The Bertz CT molecular complexity index is 924. The van der Waals surface area contributed by atoms with E-state index in [2.05, 4.69) is 36.6 Å². The molecule has 6 heteroatoms. The van der Waals surface area contributed by atoms with Crippen LogP contribution in [-0.4, -0.2) is 29.3 Å². The van der Waals surface area contributed by atoms with Gasteiger partial charge in [0, 0.05) is 0 Å². The fourth-order valence-electron chi connectivity index (χ4n) is 3.74. The number of amides is 4. The van der Waals surface area contributed by atoms with E-state index in [9.17, 15) is 14.4 Å². The Balaban J connectivity index is 1.63. The highest BCUT2D eigenvalue weighted by molar-refractivity contribution is 6.09. The lowest BCUT2D eigenvalue weighted by Crippen LogP contribution is -2.43. The summed E-state index contributed by atoms with van der Waals surface area (Å²) >= 11 is 0. The van der Waals surface area contributed by atoms with Gasteiger partial charge in [0.15, 0.2) is 0 Å². The van der Waals surface area contributed by atoms with Crippen molar-refractivity contribution in [2.45, 2.75) is 45.7 Å². The van der Waals surface area contributed by atoms with Crippen LogP contribution in [0.2, 0.25) is 0 Å². The third-order valence-corrected chi connectivity index (χ3v) is 5.43. The van der Waals surface area contributed by atoms with Gasteiger partial charge in [-0.25, -0.2) is 4.79 Å². The van der Waals surface area contributed by atoms with Crippen molar-refractivity contribution in [3.05, 3.63) is 71.3 Å². The molecule has 0 aromatic heterocycles. The van der Waals surface area contributed by atoms with Crippen LogP contribution in [0.25, 0.3) is 0 Å². The van der Waals surface area contributed by atoms with E-state index in [1.807, 2.05) is 37.3 Å². The second kappa shape index (κ2) is 8.69. The Morgan fingerprint density at radius 1 is 1.03 bits per heavy atom. The number of carbonyl (C=O) groups is 3. The summed E-state index contributed by atoms with van der Waals surface area (Å²) in [6.45, 7) is 7.57. The van der Waals surface area contributed by atoms with Crippen molar-refractivity contribution in [3.63, 3.8) is 0 Å². The van der Waals surface area contributed by atoms with E-state index < -0.39 is 17.5 Å². The maximum absolute atomic E-state index is 12.9. The highest BCUT2D eigenvalue weighted by Crippen LogP contribution is 2.28. The van der Waals surface area contributed by atoms with Gasteiger partial charge in [-0.2, -0.15) is 0 Å². The number of carbonyl (C=O) groups excluding carboxylic acids is 3. The Hall–Kier alpha value is -3.15. The molecule has 0 spiro atoms. The lowest BCUT2D eigenvalue weighted by Gasteiger charge is -2.22. The van der Waals surface area contributed by atoms with Crippen LogP contribution in [0.4, 0.5) is 4.79 Å². The van der Waals surface area contributed by atoms with Crippen molar-refractivity contribution in [2.75, 3.05) is 6.54 Å². The normalized spacial score (nSPS) is 19.7. The Labute approximate surface area is 177 Å². The maximum Gasteiger partial charge on any atom is 0.325 e. The summed E-state index contributed by atoms with van der Waals surface area (Å²) in [6, 6.07) is 16.4. The zero-order valence-corrected chi connectivity index (χ0v) is 17.9. The zero-order chi connectivity index (χ0) is 21.9. The fourth-order valence-corrected chi connectivity index (χ4v) is 3.74. The van der Waals surface area contributed by atoms with Crippen LogP contribution in [0.15, 0.2) is 54.6 Å². The van der Waals surface area contributed by atoms with Crippen LogP contribution in [0.5, 0.6) is 0 Å². The highest BCUT2D eigenvalue weighted by atomic mass is 16.2. The Morgan fingerprint density at radius 3 is 2.27 bits per heavy atom. The first-order valence-electron chi connectivity index (χ1n) is 10.3. The lowest BCUT2D eigenvalue weighted by molar-refractivity contribution is -0.135. The quantitative estimate of drug-likeness (QED) is 0.689. The van der Waals surface area contributed by atoms with E-state index in [4.69, 9.17) is 0 Å². The van der Waals surface area contributed by atoms with Crippen LogP contribution in [-0.2, 0) is 21.5 Å². The summed E-state index contributed by atoms with van der Waals surface area (Å²) in [5.41, 5.74) is 1.74. The van der Waals surface area contributed by atoms with E-state index in [0.29, 0.717) is 11.5 Å². The highest BCUT2D eigenvalue weighted by Gasteiger charge is 2.49. The van der Waals surface area contributed by atoms with Gasteiger partial charge < -0.3 is 10.6 Å². The SMILES string of the molecule is CC(C)Cc1ccc(C(C)NC(=O)CN2C(=O)NC(C)(c3ccccc3)C2=O)cc1. The molecule has 158 valence electrons. The minimum Gasteiger partial charge on any atom is -0.348 e. The van der Waals surface area contributed by atoms with Crippen molar-refractivity contribution in [1.82, 2.24) is 15.5 Å². The largest absolute Gasteiger partial charge is 0.348 e. The molecule has 2 unspecified atom stereocenters. The number of rotatable bonds is 7. The lowest BCUT2D eigenvalue weighted by atomic mass is 9.92. The van der Waals surface area contributed by atoms with Gasteiger partial charge in [-0.3, -0.25) is 14.5 Å². The first kappa shape index (κ1) is 21.6. The predicted octanol–water partition coefficient (Wildman–Crippen LogP) is 3.53. The topological polar surface area (TPSA) is 78.5 Å². The first-order chi connectivity index (χ1) is 14.2. The summed E-state index contributed by atoms with van der Waals surface area (Å²) in [6.07, 6.45) is 1.01. The van der Waals surface area contributed by atoms with Crippen molar-refractivity contribution >= 4 is 17.8 Å². The summed E-state index contributed by atoms with van der Waals surface area (Å²) in [4.78, 5) is 38.8. The minimum absolute atomic E-state index is 0.230. The molecule has 30 heavy (non-hydrogen) atoms. The molecule has 2 aromatic rings. The molecule has 1 fully saturated rings. The predicted molar refractivity (Wildman–Crippen MR) is 116 cm³/mol. The second-order valence-corrected chi connectivity index (χ2v) is 8.44. The molecule has 0 saturated carbocycles. The van der Waals surface area contributed by atoms with Crippen molar-refractivity contribution in [1.29, 1.82) is 0 Å². The number of urea groups is 1. The van der Waals surface area contributed by atoms with Gasteiger partial charge in [0.2, 0.25) is 5.91 Å². The standard InChI is InChI=1S/C24H29N3O3/c1-16(2)14-18-10-12-19(13-11-18)17(3)25-21(28)15-27-22(29)24(4,26-23(27)30)20-8-6-5-7-9-20/h5-13,16-17H,14-15H2,1-4H3,(H,25,28)(H,26,30). The van der Waals surface area contributed by atoms with Gasteiger partial charge in [0.25, 0.3) is 5.91 Å². The average Bonchev–Trinajstić information content (AvgIpc) is 2.92. The molecule has 0 aliphatic carbocycles. The summed E-state index contributed by atoms with van der Waals surface area (Å²) in [7, 11) is 0. The number of nitrogens with one attached hydrogen (secondary N) is 2. The first-order valence-corrected chi connectivity index (χ1v) is 10.3. The molecule has 2 aromatic carbocycles. The molecule has 3 rings (SSSR count). The molecule has 1 saturated heterocycles. The fraction of sp³-hybridized carbons (Fsp3) is 0.375. The molecule has 0 radical (unpaired) electrons. The molecule has 2 atom stereocenters. The third-order valence-electron chi connectivity index (χ3n) is 5.43. The van der Waals surface area contributed by atoms with E-state index in [0.717, 1.165) is 16.9 Å². The molecule has 6 nitrogen and oxygen atoms in total. The molecule has 1 aliphatic heterocycles. The maximum atomic E-state index is 12.9. The molecule has 2 N–H and O–H groups in total. The molecular weight excluding hydrogens is 378 g/mol. The molecule has 1 heterocycles. The van der Waals surface area contributed by atoms with Crippen LogP contribution >= 0.6 is 0 Å². The van der Waals surface area contributed by atoms with Crippen LogP contribution < -0.4 is 10.6 Å². The van der Waals surface area contributed by atoms with Crippen LogP contribution in [0, 0.1) is 5.92 Å². The Morgan fingerprint density at radius 2 is 1.67 bits per heavy atom. The zero-order valence-electron chi connectivity index (χ0n) is 17.9. The number of hydrogen-bond donors (Lipinski definition) is 2. The van der Waals surface area contributed by atoms with Crippen molar-refractivity contribution in [3.8, 4) is 0 Å². The summed E-state index contributed by atoms with van der Waals surface area (Å²) in [5, 5.41) is 5.59. The summed E-state index contributed by atoms with van der Waals surface area (Å²) in [5.74, 6) is -0.229. The average molecular weight is 408 g/mol. The molecular formula is C24H29N3O3. The van der Waals surface area contributed by atoms with Crippen molar-refractivity contribution in [2.24, 2.45) is 5.92 Å².